The van der Waals surface area contributed by atoms with Gasteiger partial charge in [-0.3, -0.25) is 4.98 Å². The molecule has 0 spiro atoms. The van der Waals surface area contributed by atoms with Crippen molar-refractivity contribution in [2.75, 3.05) is 0 Å². The molecule has 6 heteroatoms. The van der Waals surface area contributed by atoms with E-state index in [1.54, 1.807) is 6.33 Å². The van der Waals surface area contributed by atoms with E-state index in [2.05, 4.69) is 39.8 Å². The average molecular weight is 295 g/mol. The molecule has 0 atom stereocenters. The summed E-state index contributed by atoms with van der Waals surface area (Å²) < 4.78 is 7.94. The van der Waals surface area contributed by atoms with Crippen molar-refractivity contribution < 1.29 is 4.74 Å². The fourth-order valence-electron chi connectivity index (χ4n) is 2.42. The smallest absolute Gasteiger partial charge is 0.245 e. The fourth-order valence-corrected chi connectivity index (χ4v) is 2.42. The maximum absolute atomic E-state index is 5.97. The Morgan fingerprint density at radius 2 is 2.09 bits per heavy atom. The molecule has 1 aliphatic rings. The van der Waals surface area contributed by atoms with E-state index in [4.69, 9.17) is 4.74 Å². The Balaban J connectivity index is 1.69. The second-order valence-corrected chi connectivity index (χ2v) is 6.10. The van der Waals surface area contributed by atoms with Crippen molar-refractivity contribution in [1.82, 2.24) is 24.5 Å². The zero-order chi connectivity index (χ0) is 15.2. The molecule has 0 aliphatic heterocycles. The van der Waals surface area contributed by atoms with Crippen molar-refractivity contribution in [2.24, 2.45) is 0 Å². The van der Waals surface area contributed by atoms with Crippen LogP contribution >= 0.6 is 0 Å². The van der Waals surface area contributed by atoms with Crippen molar-refractivity contribution in [1.29, 1.82) is 0 Å². The van der Waals surface area contributed by atoms with Crippen LogP contribution in [0.5, 0.6) is 5.88 Å². The van der Waals surface area contributed by atoms with Gasteiger partial charge >= 0.3 is 0 Å². The standard InChI is InChI=1S/C16H17N5O/c1-11-3-6-17-12(7-11)8-21-10-20-13-14(21)18-9-19-15(13)22-16(2)4-5-16/h3,6-7,9-10H,4-5,8H2,1-2H3. The molecule has 4 rings (SSSR count). The Hall–Kier alpha value is -2.50. The Morgan fingerprint density at radius 1 is 1.23 bits per heavy atom. The van der Waals surface area contributed by atoms with Gasteiger partial charge in [0.15, 0.2) is 11.2 Å². The normalized spacial score (nSPS) is 15.9. The molecule has 0 unspecified atom stereocenters. The first kappa shape index (κ1) is 13.2. The number of rotatable bonds is 4. The van der Waals surface area contributed by atoms with Crippen molar-refractivity contribution >= 4 is 11.2 Å². The highest BCUT2D eigenvalue weighted by Crippen LogP contribution is 2.40. The number of ether oxygens (including phenoxy) is 1. The van der Waals surface area contributed by atoms with Crippen LogP contribution in [0, 0.1) is 6.92 Å². The fraction of sp³-hybridized carbons (Fsp3) is 0.375. The summed E-state index contributed by atoms with van der Waals surface area (Å²) in [5.41, 5.74) is 3.58. The van der Waals surface area contributed by atoms with Crippen LogP contribution in [-0.4, -0.2) is 30.1 Å². The SMILES string of the molecule is Cc1ccnc(Cn2cnc3c(OC4(C)CC4)ncnc32)c1. The third-order valence-corrected chi connectivity index (χ3v) is 3.97. The Morgan fingerprint density at radius 3 is 2.86 bits per heavy atom. The van der Waals surface area contributed by atoms with Gasteiger partial charge in [0, 0.05) is 6.20 Å². The maximum Gasteiger partial charge on any atom is 0.245 e. The van der Waals surface area contributed by atoms with Gasteiger partial charge in [0.05, 0.1) is 18.6 Å². The minimum absolute atomic E-state index is 0.0802. The molecule has 3 aromatic rings. The zero-order valence-electron chi connectivity index (χ0n) is 12.7. The third kappa shape index (κ3) is 2.41. The monoisotopic (exact) mass is 295 g/mol. The summed E-state index contributed by atoms with van der Waals surface area (Å²) in [5.74, 6) is 0.570. The second kappa shape index (κ2) is 4.76. The van der Waals surface area contributed by atoms with Crippen LogP contribution in [0.2, 0.25) is 0 Å². The van der Waals surface area contributed by atoms with Crippen LogP contribution in [0.1, 0.15) is 31.0 Å². The minimum atomic E-state index is -0.0802. The first-order valence-corrected chi connectivity index (χ1v) is 7.39. The predicted octanol–water partition coefficient (Wildman–Crippen LogP) is 2.51. The Labute approximate surface area is 128 Å². The average Bonchev–Trinajstić information content (AvgIpc) is 3.07. The first-order valence-electron chi connectivity index (χ1n) is 7.39. The van der Waals surface area contributed by atoms with E-state index < -0.39 is 0 Å². The summed E-state index contributed by atoms with van der Waals surface area (Å²) in [7, 11) is 0. The summed E-state index contributed by atoms with van der Waals surface area (Å²) in [6.07, 6.45) is 7.25. The first-order chi connectivity index (χ1) is 10.6. The molecular formula is C16H17N5O. The highest BCUT2D eigenvalue weighted by molar-refractivity contribution is 5.76. The molecule has 0 bridgehead atoms. The highest BCUT2D eigenvalue weighted by Gasteiger charge is 2.41. The van der Waals surface area contributed by atoms with Gasteiger partial charge in [0.25, 0.3) is 0 Å². The number of hydrogen-bond acceptors (Lipinski definition) is 5. The molecule has 0 N–H and O–H groups in total. The van der Waals surface area contributed by atoms with Gasteiger partial charge in [-0.15, -0.1) is 0 Å². The van der Waals surface area contributed by atoms with E-state index in [1.807, 2.05) is 16.8 Å². The summed E-state index contributed by atoms with van der Waals surface area (Å²) in [4.78, 5) is 17.4. The molecule has 1 saturated carbocycles. The van der Waals surface area contributed by atoms with E-state index in [0.717, 1.165) is 24.2 Å². The van der Waals surface area contributed by atoms with E-state index in [9.17, 15) is 0 Å². The Kier molecular flexibility index (Phi) is 2.85. The number of nitrogens with zero attached hydrogens (tertiary/aromatic N) is 5. The molecule has 112 valence electrons. The van der Waals surface area contributed by atoms with E-state index in [-0.39, 0.29) is 5.60 Å². The molecule has 3 aromatic heterocycles. The molecule has 0 aromatic carbocycles. The van der Waals surface area contributed by atoms with Gasteiger partial charge in [-0.2, -0.15) is 4.98 Å². The van der Waals surface area contributed by atoms with E-state index >= 15 is 0 Å². The summed E-state index contributed by atoms with van der Waals surface area (Å²) in [5, 5.41) is 0. The van der Waals surface area contributed by atoms with Gasteiger partial charge in [0.1, 0.15) is 11.9 Å². The van der Waals surface area contributed by atoms with Crippen molar-refractivity contribution in [3.05, 3.63) is 42.2 Å². The number of aryl methyl sites for hydroxylation is 1. The van der Waals surface area contributed by atoms with E-state index in [0.29, 0.717) is 17.9 Å². The summed E-state index contributed by atoms with van der Waals surface area (Å²) in [6, 6.07) is 4.05. The van der Waals surface area contributed by atoms with Gasteiger partial charge in [-0.05, 0) is 44.4 Å². The topological polar surface area (TPSA) is 65.7 Å². The lowest BCUT2D eigenvalue weighted by atomic mass is 10.2. The third-order valence-electron chi connectivity index (χ3n) is 3.97. The van der Waals surface area contributed by atoms with Crippen molar-refractivity contribution in [2.45, 2.75) is 38.8 Å². The van der Waals surface area contributed by atoms with Crippen LogP contribution in [0.25, 0.3) is 11.2 Å². The summed E-state index contributed by atoms with van der Waals surface area (Å²) in [6.45, 7) is 4.78. The van der Waals surface area contributed by atoms with Crippen LogP contribution in [0.4, 0.5) is 0 Å². The van der Waals surface area contributed by atoms with Crippen LogP contribution in [0.3, 0.4) is 0 Å². The van der Waals surface area contributed by atoms with Gasteiger partial charge in [0.2, 0.25) is 5.88 Å². The van der Waals surface area contributed by atoms with Crippen LogP contribution in [-0.2, 0) is 6.54 Å². The van der Waals surface area contributed by atoms with Crippen molar-refractivity contribution in [3.63, 3.8) is 0 Å². The molecule has 0 radical (unpaired) electrons. The lowest BCUT2D eigenvalue weighted by Gasteiger charge is -2.11. The lowest BCUT2D eigenvalue weighted by Crippen LogP contribution is -2.13. The van der Waals surface area contributed by atoms with Crippen molar-refractivity contribution in [3.8, 4) is 5.88 Å². The lowest BCUT2D eigenvalue weighted by molar-refractivity contribution is 0.194. The van der Waals surface area contributed by atoms with Crippen LogP contribution in [0.15, 0.2) is 31.0 Å². The van der Waals surface area contributed by atoms with Gasteiger partial charge in [-0.1, -0.05) is 0 Å². The molecule has 0 amide bonds. The predicted molar refractivity (Wildman–Crippen MR) is 81.7 cm³/mol. The quantitative estimate of drug-likeness (QED) is 0.740. The molecule has 0 saturated heterocycles. The van der Waals surface area contributed by atoms with Gasteiger partial charge < -0.3 is 9.30 Å². The number of pyridine rings is 1. The number of fused-ring (bicyclic) bond motifs is 1. The number of aromatic nitrogens is 5. The highest BCUT2D eigenvalue weighted by atomic mass is 16.5. The molecule has 3 heterocycles. The number of hydrogen-bond donors (Lipinski definition) is 0. The molecular weight excluding hydrogens is 278 g/mol. The number of imidazole rings is 1. The maximum atomic E-state index is 5.97. The van der Waals surface area contributed by atoms with Gasteiger partial charge in [-0.25, -0.2) is 9.97 Å². The molecule has 1 fully saturated rings. The molecule has 1 aliphatic carbocycles. The second-order valence-electron chi connectivity index (χ2n) is 6.10. The van der Waals surface area contributed by atoms with E-state index in [1.165, 1.54) is 11.9 Å². The van der Waals surface area contributed by atoms with Crippen LogP contribution < -0.4 is 4.74 Å². The Bertz CT molecular complexity index is 837. The summed E-state index contributed by atoms with van der Waals surface area (Å²) >= 11 is 0. The zero-order valence-corrected chi connectivity index (χ0v) is 12.7. The molecule has 22 heavy (non-hydrogen) atoms. The largest absolute Gasteiger partial charge is 0.470 e. The molecule has 6 nitrogen and oxygen atoms in total. The minimum Gasteiger partial charge on any atom is -0.470 e.